The molecule has 1 aliphatic heterocycles. The maximum Gasteiger partial charge on any atom is 0.348 e. The summed E-state index contributed by atoms with van der Waals surface area (Å²) in [6, 6.07) is 1.80. The first kappa shape index (κ1) is 21.9. The predicted molar refractivity (Wildman–Crippen MR) is 115 cm³/mol. The molecule has 0 bridgehead atoms. The summed E-state index contributed by atoms with van der Waals surface area (Å²) in [6.45, 7) is 9.54. The van der Waals surface area contributed by atoms with Gasteiger partial charge in [0.2, 0.25) is 5.91 Å². The van der Waals surface area contributed by atoms with Crippen LogP contribution >= 0.6 is 23.1 Å². The van der Waals surface area contributed by atoms with Crippen LogP contribution in [0.1, 0.15) is 46.4 Å². The highest BCUT2D eigenvalue weighted by Gasteiger charge is 2.21. The maximum absolute atomic E-state index is 12.4. The van der Waals surface area contributed by atoms with Crippen LogP contribution in [-0.2, 0) is 20.8 Å². The number of nitrogens with one attached hydrogen (secondary N) is 1. The zero-order chi connectivity index (χ0) is 21.0. The summed E-state index contributed by atoms with van der Waals surface area (Å²) < 4.78 is 13.0. The normalized spacial score (nSPS) is 16.2. The fourth-order valence-electron chi connectivity index (χ4n) is 3.19. The van der Waals surface area contributed by atoms with Crippen LogP contribution in [0.3, 0.4) is 0 Å². The lowest BCUT2D eigenvalue weighted by Gasteiger charge is -2.14. The van der Waals surface area contributed by atoms with E-state index in [0.29, 0.717) is 16.5 Å². The van der Waals surface area contributed by atoms with Crippen LogP contribution in [0.4, 0.5) is 5.00 Å². The second-order valence-electron chi connectivity index (χ2n) is 6.99. The molecule has 0 aliphatic carbocycles. The molecule has 2 aromatic heterocycles. The lowest BCUT2D eigenvalue weighted by molar-refractivity contribution is -0.113. The molecule has 29 heavy (non-hydrogen) atoms. The molecule has 3 heterocycles. The van der Waals surface area contributed by atoms with Crippen LogP contribution in [0.15, 0.2) is 11.2 Å². The summed E-state index contributed by atoms with van der Waals surface area (Å²) >= 11 is 2.65. The Morgan fingerprint density at radius 2 is 2.21 bits per heavy atom. The lowest BCUT2D eigenvalue weighted by Crippen LogP contribution is -2.18. The van der Waals surface area contributed by atoms with Crippen LogP contribution < -0.4 is 5.32 Å². The van der Waals surface area contributed by atoms with Gasteiger partial charge in [-0.3, -0.25) is 4.79 Å². The van der Waals surface area contributed by atoms with Crippen molar-refractivity contribution in [1.82, 2.24) is 9.55 Å². The van der Waals surface area contributed by atoms with Crippen molar-refractivity contribution in [2.24, 2.45) is 0 Å². The zero-order valence-corrected chi connectivity index (χ0v) is 18.9. The summed E-state index contributed by atoms with van der Waals surface area (Å²) in [6.07, 6.45) is 2.36. The van der Waals surface area contributed by atoms with E-state index in [-0.39, 0.29) is 23.7 Å². The monoisotopic (exact) mass is 437 g/mol. The third-order valence-corrected chi connectivity index (χ3v) is 6.92. The van der Waals surface area contributed by atoms with Crippen molar-refractivity contribution < 1.29 is 19.1 Å². The number of aromatic nitrogens is 2. The van der Waals surface area contributed by atoms with E-state index in [1.807, 2.05) is 20.8 Å². The number of imidazole rings is 1. The second-order valence-corrected chi connectivity index (χ2v) is 8.99. The number of hydrogen-bond acceptors (Lipinski definition) is 7. The Labute approximate surface area is 179 Å². The highest BCUT2D eigenvalue weighted by molar-refractivity contribution is 7.99. The maximum atomic E-state index is 12.4. The molecule has 1 N–H and O–H groups in total. The Kier molecular flexibility index (Phi) is 7.37. The van der Waals surface area contributed by atoms with Crippen molar-refractivity contribution in [2.75, 3.05) is 24.3 Å². The minimum atomic E-state index is -0.355. The molecule has 1 saturated heterocycles. The van der Waals surface area contributed by atoms with E-state index in [0.717, 1.165) is 48.1 Å². The van der Waals surface area contributed by atoms with E-state index in [9.17, 15) is 9.59 Å². The first-order valence-corrected chi connectivity index (χ1v) is 11.5. The highest BCUT2D eigenvalue weighted by Crippen LogP contribution is 2.28. The fourth-order valence-corrected chi connectivity index (χ4v) is 5.07. The first-order chi connectivity index (χ1) is 13.9. The van der Waals surface area contributed by atoms with E-state index in [1.165, 1.54) is 23.1 Å². The molecule has 1 amide bonds. The number of carbonyl (C=O) groups is 2. The molecular weight excluding hydrogens is 410 g/mol. The topological polar surface area (TPSA) is 82.5 Å². The fraction of sp³-hybridized carbons (Fsp3) is 0.550. The van der Waals surface area contributed by atoms with Crippen LogP contribution in [0.2, 0.25) is 0 Å². The molecule has 0 radical (unpaired) electrons. The minimum absolute atomic E-state index is 0.131. The number of thiophene rings is 1. The lowest BCUT2D eigenvalue weighted by atomic mass is 10.2. The van der Waals surface area contributed by atoms with Gasteiger partial charge in [0.05, 0.1) is 35.7 Å². The molecule has 7 nitrogen and oxygen atoms in total. The summed E-state index contributed by atoms with van der Waals surface area (Å²) in [5.41, 5.74) is 2.88. The summed E-state index contributed by atoms with van der Waals surface area (Å²) in [4.78, 5) is 29.5. The quantitative estimate of drug-likeness (QED) is 0.497. The van der Waals surface area contributed by atoms with E-state index in [2.05, 4.69) is 14.9 Å². The Balaban J connectivity index is 1.60. The van der Waals surface area contributed by atoms with Gasteiger partial charge in [-0.05, 0) is 52.2 Å². The van der Waals surface area contributed by atoms with Gasteiger partial charge >= 0.3 is 5.97 Å². The Bertz CT molecular complexity index is 885. The summed E-state index contributed by atoms with van der Waals surface area (Å²) in [7, 11) is 0. The van der Waals surface area contributed by atoms with Gasteiger partial charge in [0.1, 0.15) is 4.88 Å². The summed E-state index contributed by atoms with van der Waals surface area (Å²) in [5, 5.41) is 4.35. The Morgan fingerprint density at radius 3 is 2.90 bits per heavy atom. The van der Waals surface area contributed by atoms with Crippen molar-refractivity contribution in [2.45, 2.75) is 58.3 Å². The number of anilines is 1. The number of rotatable bonds is 8. The average Bonchev–Trinajstić information content (AvgIpc) is 3.37. The van der Waals surface area contributed by atoms with Crippen molar-refractivity contribution >= 4 is 40.0 Å². The second kappa shape index (κ2) is 9.77. The number of hydrogen-bond donors (Lipinski definition) is 1. The molecule has 3 rings (SSSR count). The molecule has 1 atom stereocenters. The average molecular weight is 438 g/mol. The van der Waals surface area contributed by atoms with Crippen LogP contribution in [0, 0.1) is 20.8 Å². The van der Waals surface area contributed by atoms with Crippen molar-refractivity contribution in [1.29, 1.82) is 0 Å². The molecule has 0 saturated carbocycles. The van der Waals surface area contributed by atoms with Gasteiger partial charge in [-0.2, -0.15) is 0 Å². The van der Waals surface area contributed by atoms with Gasteiger partial charge in [-0.15, -0.1) is 11.3 Å². The van der Waals surface area contributed by atoms with Gasteiger partial charge < -0.3 is 19.4 Å². The van der Waals surface area contributed by atoms with E-state index < -0.39 is 0 Å². The molecular formula is C20H27N3O4S2. The van der Waals surface area contributed by atoms with Crippen LogP contribution in [0.5, 0.6) is 0 Å². The SMILES string of the molecule is CCOC(=O)c1sc(NC(=O)CSc2nc(C)c(C)n2CC2CCCO2)cc1C. The third-order valence-electron chi connectivity index (χ3n) is 4.81. The van der Waals surface area contributed by atoms with Crippen molar-refractivity contribution in [3.8, 4) is 0 Å². The molecule has 0 spiro atoms. The minimum Gasteiger partial charge on any atom is -0.462 e. The Morgan fingerprint density at radius 1 is 1.41 bits per heavy atom. The third kappa shape index (κ3) is 5.40. The van der Waals surface area contributed by atoms with Gasteiger partial charge in [-0.25, -0.2) is 9.78 Å². The van der Waals surface area contributed by atoms with Gasteiger partial charge in [0.25, 0.3) is 0 Å². The largest absolute Gasteiger partial charge is 0.462 e. The van der Waals surface area contributed by atoms with Crippen LogP contribution in [-0.4, -0.2) is 46.5 Å². The van der Waals surface area contributed by atoms with E-state index in [4.69, 9.17) is 9.47 Å². The number of nitrogens with zero attached hydrogens (tertiary/aromatic N) is 2. The van der Waals surface area contributed by atoms with Crippen molar-refractivity contribution in [3.05, 3.63) is 27.9 Å². The van der Waals surface area contributed by atoms with Crippen LogP contribution in [0.25, 0.3) is 0 Å². The molecule has 1 fully saturated rings. The van der Waals surface area contributed by atoms with Gasteiger partial charge in [-0.1, -0.05) is 11.8 Å². The smallest absolute Gasteiger partial charge is 0.348 e. The molecule has 9 heteroatoms. The molecule has 0 aromatic carbocycles. The number of amides is 1. The van der Waals surface area contributed by atoms with Gasteiger partial charge in [0, 0.05) is 12.3 Å². The number of aryl methyl sites for hydroxylation is 2. The molecule has 1 aliphatic rings. The van der Waals surface area contributed by atoms with Gasteiger partial charge in [0.15, 0.2) is 5.16 Å². The predicted octanol–water partition coefficient (Wildman–Crippen LogP) is 3.96. The Hall–Kier alpha value is -1.84. The number of thioether (sulfide) groups is 1. The summed E-state index contributed by atoms with van der Waals surface area (Å²) in [5.74, 6) is -0.242. The standard InChI is InChI=1S/C20H27N3O4S2/c1-5-26-19(25)18-12(2)9-17(29-18)22-16(24)11-28-20-21-13(3)14(4)23(20)10-15-7-6-8-27-15/h9,15H,5-8,10-11H2,1-4H3,(H,22,24). The van der Waals surface area contributed by atoms with Crippen molar-refractivity contribution in [3.63, 3.8) is 0 Å². The molecule has 2 aromatic rings. The zero-order valence-electron chi connectivity index (χ0n) is 17.2. The van der Waals surface area contributed by atoms with E-state index in [1.54, 1.807) is 13.0 Å². The highest BCUT2D eigenvalue weighted by atomic mass is 32.2. The van der Waals surface area contributed by atoms with E-state index >= 15 is 0 Å². The number of esters is 1. The molecule has 158 valence electrons. The first-order valence-electron chi connectivity index (χ1n) is 9.74. The molecule has 1 unspecified atom stereocenters. The number of carbonyl (C=O) groups excluding carboxylic acids is 2. The number of ether oxygens (including phenoxy) is 2.